The second-order valence-corrected chi connectivity index (χ2v) is 6.85. The molecular formula is C20H30N4O2. The number of allylic oxidation sites excluding steroid dienone is 1. The van der Waals surface area contributed by atoms with Crippen molar-refractivity contribution in [1.29, 1.82) is 0 Å². The van der Waals surface area contributed by atoms with E-state index in [9.17, 15) is 4.79 Å². The molecule has 1 aliphatic carbocycles. The summed E-state index contributed by atoms with van der Waals surface area (Å²) in [5, 5.41) is 3.40. The van der Waals surface area contributed by atoms with Gasteiger partial charge < -0.3 is 19.5 Å². The Morgan fingerprint density at radius 3 is 2.69 bits per heavy atom. The largest absolute Gasteiger partial charge is 0.459 e. The third-order valence-electron chi connectivity index (χ3n) is 5.01. The predicted molar refractivity (Wildman–Crippen MR) is 103 cm³/mol. The first-order valence-electron chi connectivity index (χ1n) is 9.82. The molecule has 0 atom stereocenters. The summed E-state index contributed by atoms with van der Waals surface area (Å²) in [4.78, 5) is 21.3. The molecule has 6 nitrogen and oxygen atoms in total. The van der Waals surface area contributed by atoms with Gasteiger partial charge in [0.15, 0.2) is 11.7 Å². The van der Waals surface area contributed by atoms with E-state index in [2.05, 4.69) is 23.2 Å². The molecule has 1 N–H and O–H groups in total. The van der Waals surface area contributed by atoms with Crippen molar-refractivity contribution in [3.8, 4) is 0 Å². The lowest BCUT2D eigenvalue weighted by molar-refractivity contribution is 0.0657. The fourth-order valence-corrected chi connectivity index (χ4v) is 3.54. The molecule has 0 saturated carbocycles. The predicted octanol–water partition coefficient (Wildman–Crippen LogP) is 2.89. The maximum absolute atomic E-state index is 12.4. The number of carbonyl (C=O) groups is 1. The molecular weight excluding hydrogens is 328 g/mol. The van der Waals surface area contributed by atoms with Gasteiger partial charge in [-0.2, -0.15) is 0 Å². The molecule has 0 unspecified atom stereocenters. The van der Waals surface area contributed by atoms with Gasteiger partial charge in [0.1, 0.15) is 0 Å². The Kier molecular flexibility index (Phi) is 6.75. The van der Waals surface area contributed by atoms with Crippen molar-refractivity contribution < 1.29 is 9.21 Å². The summed E-state index contributed by atoms with van der Waals surface area (Å²) in [5.41, 5.74) is 1.56. The maximum atomic E-state index is 12.4. The molecule has 1 aromatic rings. The Morgan fingerprint density at radius 1 is 1.23 bits per heavy atom. The highest BCUT2D eigenvalue weighted by molar-refractivity contribution is 5.91. The van der Waals surface area contributed by atoms with Crippen LogP contribution in [-0.2, 0) is 0 Å². The van der Waals surface area contributed by atoms with Crippen LogP contribution in [0.25, 0.3) is 0 Å². The average Bonchev–Trinajstić information content (AvgIpc) is 3.23. The number of hydrogen-bond donors (Lipinski definition) is 1. The first-order chi connectivity index (χ1) is 12.8. The van der Waals surface area contributed by atoms with Crippen LogP contribution in [0, 0.1) is 0 Å². The van der Waals surface area contributed by atoms with Gasteiger partial charge in [-0.1, -0.05) is 11.6 Å². The van der Waals surface area contributed by atoms with E-state index in [1.54, 1.807) is 24.0 Å². The van der Waals surface area contributed by atoms with Gasteiger partial charge in [-0.25, -0.2) is 0 Å². The van der Waals surface area contributed by atoms with Gasteiger partial charge in [0.2, 0.25) is 0 Å². The average molecular weight is 358 g/mol. The zero-order chi connectivity index (χ0) is 18.2. The Balaban J connectivity index is 1.51. The van der Waals surface area contributed by atoms with Gasteiger partial charge in [-0.3, -0.25) is 9.79 Å². The third-order valence-corrected chi connectivity index (χ3v) is 5.01. The summed E-state index contributed by atoms with van der Waals surface area (Å²) in [5.74, 6) is 1.36. The summed E-state index contributed by atoms with van der Waals surface area (Å²) < 4.78 is 5.23. The highest BCUT2D eigenvalue weighted by Gasteiger charge is 2.25. The minimum atomic E-state index is -0.0270. The van der Waals surface area contributed by atoms with Gasteiger partial charge >= 0.3 is 0 Å². The lowest BCUT2D eigenvalue weighted by Crippen LogP contribution is -2.53. The first kappa shape index (κ1) is 18.5. The number of furan rings is 1. The van der Waals surface area contributed by atoms with E-state index < -0.39 is 0 Å². The molecule has 1 aliphatic heterocycles. The number of nitrogens with zero attached hydrogens (tertiary/aromatic N) is 3. The first-order valence-corrected chi connectivity index (χ1v) is 9.82. The van der Waals surface area contributed by atoms with E-state index >= 15 is 0 Å². The fraction of sp³-hybridized carbons (Fsp3) is 0.600. The highest BCUT2D eigenvalue weighted by atomic mass is 16.3. The lowest BCUT2D eigenvalue weighted by Gasteiger charge is -2.36. The van der Waals surface area contributed by atoms with E-state index in [-0.39, 0.29) is 5.91 Å². The van der Waals surface area contributed by atoms with Crippen LogP contribution in [0.4, 0.5) is 0 Å². The number of carbonyl (C=O) groups excluding carboxylic acids is 1. The Labute approximate surface area is 155 Å². The molecule has 2 heterocycles. The zero-order valence-electron chi connectivity index (χ0n) is 15.7. The van der Waals surface area contributed by atoms with Crippen molar-refractivity contribution in [2.75, 3.05) is 39.3 Å². The van der Waals surface area contributed by atoms with E-state index in [0.29, 0.717) is 18.8 Å². The van der Waals surface area contributed by atoms with Gasteiger partial charge in [0.05, 0.1) is 6.26 Å². The normalized spacial score (nSPS) is 18.7. The van der Waals surface area contributed by atoms with E-state index in [1.807, 2.05) is 4.90 Å². The van der Waals surface area contributed by atoms with Gasteiger partial charge in [-0.15, -0.1) is 0 Å². The molecule has 3 rings (SSSR count). The van der Waals surface area contributed by atoms with Crippen LogP contribution in [0.2, 0.25) is 0 Å². The third kappa shape index (κ3) is 4.90. The standard InChI is InChI=1S/C20H30N4O2/c1-2-21-20(22-11-10-17-7-4-3-5-8-17)24-14-12-23(13-15-24)19(25)18-9-6-16-26-18/h6-7,9,16H,2-5,8,10-15H2,1H3,(H,21,22). The van der Waals surface area contributed by atoms with Crippen molar-refractivity contribution in [3.05, 3.63) is 35.8 Å². The number of aliphatic imine (C=N–C) groups is 1. The molecule has 1 amide bonds. The molecule has 0 spiro atoms. The molecule has 1 saturated heterocycles. The maximum Gasteiger partial charge on any atom is 0.289 e. The second kappa shape index (κ2) is 9.46. The summed E-state index contributed by atoms with van der Waals surface area (Å²) in [6.45, 7) is 6.74. The number of amides is 1. The molecule has 2 aliphatic rings. The molecule has 1 aromatic heterocycles. The topological polar surface area (TPSA) is 61.1 Å². The Hall–Kier alpha value is -2.24. The molecule has 142 valence electrons. The molecule has 1 fully saturated rings. The van der Waals surface area contributed by atoms with Gasteiger partial charge in [0.25, 0.3) is 5.91 Å². The second-order valence-electron chi connectivity index (χ2n) is 6.85. The minimum absolute atomic E-state index is 0.0270. The van der Waals surface area contributed by atoms with Crippen LogP contribution in [0.5, 0.6) is 0 Å². The van der Waals surface area contributed by atoms with Crippen molar-refractivity contribution in [3.63, 3.8) is 0 Å². The van der Waals surface area contributed by atoms with Gasteiger partial charge in [-0.05, 0) is 51.2 Å². The lowest BCUT2D eigenvalue weighted by atomic mass is 9.97. The number of piperazine rings is 1. The van der Waals surface area contributed by atoms with E-state index in [1.165, 1.54) is 25.7 Å². The van der Waals surface area contributed by atoms with Crippen LogP contribution in [0.3, 0.4) is 0 Å². The molecule has 6 heteroatoms. The van der Waals surface area contributed by atoms with Crippen LogP contribution in [0.1, 0.15) is 49.6 Å². The molecule has 0 bridgehead atoms. The highest BCUT2D eigenvalue weighted by Crippen LogP contribution is 2.20. The quantitative estimate of drug-likeness (QED) is 0.499. The number of hydrogen-bond acceptors (Lipinski definition) is 3. The van der Waals surface area contributed by atoms with E-state index in [4.69, 9.17) is 9.41 Å². The van der Waals surface area contributed by atoms with Crippen LogP contribution < -0.4 is 5.32 Å². The van der Waals surface area contributed by atoms with Crippen molar-refractivity contribution in [1.82, 2.24) is 15.1 Å². The Morgan fingerprint density at radius 2 is 2.04 bits per heavy atom. The number of rotatable bonds is 5. The number of nitrogens with one attached hydrogen (secondary N) is 1. The van der Waals surface area contributed by atoms with Gasteiger partial charge in [0, 0.05) is 39.3 Å². The summed E-state index contributed by atoms with van der Waals surface area (Å²) in [7, 11) is 0. The van der Waals surface area contributed by atoms with Crippen LogP contribution >= 0.6 is 0 Å². The van der Waals surface area contributed by atoms with Crippen molar-refractivity contribution >= 4 is 11.9 Å². The van der Waals surface area contributed by atoms with Crippen LogP contribution in [-0.4, -0.2) is 60.9 Å². The molecule has 26 heavy (non-hydrogen) atoms. The summed E-state index contributed by atoms with van der Waals surface area (Å²) in [6.07, 6.45) is 10.1. The monoisotopic (exact) mass is 358 g/mol. The van der Waals surface area contributed by atoms with Crippen LogP contribution in [0.15, 0.2) is 39.5 Å². The summed E-state index contributed by atoms with van der Waals surface area (Å²) in [6, 6.07) is 3.47. The summed E-state index contributed by atoms with van der Waals surface area (Å²) >= 11 is 0. The Bertz CT molecular complexity index is 628. The molecule has 0 aromatic carbocycles. The fourth-order valence-electron chi connectivity index (χ4n) is 3.54. The van der Waals surface area contributed by atoms with Crippen molar-refractivity contribution in [2.45, 2.75) is 39.0 Å². The smallest absolute Gasteiger partial charge is 0.289 e. The number of guanidine groups is 1. The van der Waals surface area contributed by atoms with E-state index in [0.717, 1.165) is 38.6 Å². The zero-order valence-corrected chi connectivity index (χ0v) is 15.7. The minimum Gasteiger partial charge on any atom is -0.459 e. The van der Waals surface area contributed by atoms with Crippen molar-refractivity contribution in [2.24, 2.45) is 4.99 Å². The SMILES string of the molecule is CCNC(=NCCC1=CCCCC1)N1CCN(C(=O)c2ccco2)CC1. The molecule has 0 radical (unpaired) electrons.